The predicted molar refractivity (Wildman–Crippen MR) is 104 cm³/mol. The Hall–Kier alpha value is -1.63. The number of amides is 1. The van der Waals surface area contributed by atoms with E-state index >= 15 is 0 Å². The second-order valence-electron chi connectivity index (χ2n) is 9.24. The smallest absolute Gasteiger partial charge is 0.309 e. The van der Waals surface area contributed by atoms with Crippen LogP contribution in [0.4, 0.5) is 4.39 Å². The van der Waals surface area contributed by atoms with Crippen LogP contribution >= 0.6 is 15.9 Å². The minimum atomic E-state index is -1.24. The fourth-order valence-electron chi connectivity index (χ4n) is 5.73. The lowest BCUT2D eigenvalue weighted by Gasteiger charge is -2.58. The van der Waals surface area contributed by atoms with Crippen LogP contribution in [0, 0.1) is 29.0 Å². The number of rotatable bonds is 5. The average molecular weight is 454 g/mol. The van der Waals surface area contributed by atoms with Gasteiger partial charge in [0, 0.05) is 10.5 Å². The zero-order chi connectivity index (χ0) is 20.3. The number of benzene rings is 1. The molecule has 4 saturated carbocycles. The zero-order valence-corrected chi connectivity index (χ0v) is 17.6. The number of aliphatic carboxylic acids is 1. The van der Waals surface area contributed by atoms with Gasteiger partial charge in [0.1, 0.15) is 0 Å². The topological polar surface area (TPSA) is 75.6 Å². The monoisotopic (exact) mass is 453 g/mol. The average Bonchev–Trinajstić information content (AvgIpc) is 2.59. The molecule has 4 aliphatic carbocycles. The maximum atomic E-state index is 14.1. The molecular formula is C21H25BrFNO4. The SMILES string of the molecule is CC(C)(Oc1ccc(Br)cc1F)C(=O)NC1C2CC3CC1CC(C(=O)O)(C3)C2. The zero-order valence-electron chi connectivity index (χ0n) is 16.0. The van der Waals surface area contributed by atoms with Crippen molar-refractivity contribution in [2.45, 2.75) is 57.6 Å². The van der Waals surface area contributed by atoms with E-state index in [9.17, 15) is 19.1 Å². The standard InChI is InChI=1S/C21H25BrFNO4/c1-20(2,28-16-4-3-14(22)7-15(16)23)18(25)24-17-12-5-11-6-13(17)10-21(8-11,9-12)19(26)27/h3-4,7,11-13,17H,5-6,8-10H2,1-2H3,(H,24,25)(H,26,27). The van der Waals surface area contributed by atoms with Crippen LogP contribution in [-0.4, -0.2) is 28.6 Å². The van der Waals surface area contributed by atoms with Crippen LogP contribution in [0.1, 0.15) is 46.0 Å². The molecule has 5 rings (SSSR count). The lowest BCUT2D eigenvalue weighted by atomic mass is 9.48. The highest BCUT2D eigenvalue weighted by atomic mass is 79.9. The Kier molecular flexibility index (Phi) is 4.72. The molecule has 0 radical (unpaired) electrons. The molecule has 0 spiro atoms. The summed E-state index contributed by atoms with van der Waals surface area (Å²) in [6, 6.07) is 4.42. The van der Waals surface area contributed by atoms with Gasteiger partial charge < -0.3 is 15.2 Å². The molecule has 4 fully saturated rings. The summed E-state index contributed by atoms with van der Waals surface area (Å²) in [6.45, 7) is 3.25. The van der Waals surface area contributed by atoms with Gasteiger partial charge in [-0.15, -0.1) is 0 Å². The lowest BCUT2D eigenvalue weighted by Crippen LogP contribution is -2.63. The van der Waals surface area contributed by atoms with E-state index in [0.717, 1.165) is 19.3 Å². The van der Waals surface area contributed by atoms with Crippen LogP contribution in [0.2, 0.25) is 0 Å². The van der Waals surface area contributed by atoms with E-state index < -0.39 is 22.8 Å². The van der Waals surface area contributed by atoms with Crippen molar-refractivity contribution in [1.29, 1.82) is 0 Å². The maximum Gasteiger partial charge on any atom is 0.309 e. The van der Waals surface area contributed by atoms with Gasteiger partial charge in [-0.25, -0.2) is 4.39 Å². The van der Waals surface area contributed by atoms with Gasteiger partial charge in [0.2, 0.25) is 0 Å². The molecule has 2 N–H and O–H groups in total. The van der Waals surface area contributed by atoms with Gasteiger partial charge in [-0.1, -0.05) is 15.9 Å². The van der Waals surface area contributed by atoms with Crippen LogP contribution < -0.4 is 10.1 Å². The third-order valence-electron chi connectivity index (χ3n) is 6.83. The third-order valence-corrected chi connectivity index (χ3v) is 7.32. The van der Waals surface area contributed by atoms with Crippen molar-refractivity contribution in [2.24, 2.45) is 23.2 Å². The van der Waals surface area contributed by atoms with Crippen molar-refractivity contribution in [3.8, 4) is 5.75 Å². The molecule has 0 saturated heterocycles. The molecule has 28 heavy (non-hydrogen) atoms. The van der Waals surface area contributed by atoms with Gasteiger partial charge in [0.25, 0.3) is 5.91 Å². The van der Waals surface area contributed by atoms with Crippen LogP contribution in [0.5, 0.6) is 5.75 Å². The molecule has 1 aromatic carbocycles. The van der Waals surface area contributed by atoms with Gasteiger partial charge in [-0.2, -0.15) is 0 Å². The second kappa shape index (κ2) is 6.71. The largest absolute Gasteiger partial charge is 0.481 e. The summed E-state index contributed by atoms with van der Waals surface area (Å²) >= 11 is 3.20. The third kappa shape index (κ3) is 3.31. The molecule has 152 valence electrons. The fraction of sp³-hybridized carbons (Fsp3) is 0.619. The van der Waals surface area contributed by atoms with Crippen molar-refractivity contribution < 1.29 is 23.8 Å². The van der Waals surface area contributed by atoms with Gasteiger partial charge in [0.15, 0.2) is 17.2 Å². The minimum absolute atomic E-state index is 0.0262. The number of carboxylic acid groups (broad SMARTS) is 1. The van der Waals surface area contributed by atoms with Crippen LogP contribution in [0.3, 0.4) is 0 Å². The van der Waals surface area contributed by atoms with E-state index in [4.69, 9.17) is 4.74 Å². The molecule has 4 bridgehead atoms. The number of hydrogen-bond donors (Lipinski definition) is 2. The summed E-state index contributed by atoms with van der Waals surface area (Å²) in [4.78, 5) is 24.8. The highest BCUT2D eigenvalue weighted by Crippen LogP contribution is 2.60. The molecule has 5 nitrogen and oxygen atoms in total. The quantitative estimate of drug-likeness (QED) is 0.702. The fourth-order valence-corrected chi connectivity index (χ4v) is 6.06. The van der Waals surface area contributed by atoms with Crippen LogP contribution in [-0.2, 0) is 9.59 Å². The van der Waals surface area contributed by atoms with Crippen molar-refractivity contribution in [2.75, 3.05) is 0 Å². The summed E-state index contributed by atoms with van der Waals surface area (Å²) in [5.41, 5.74) is -1.85. The summed E-state index contributed by atoms with van der Waals surface area (Å²) < 4.78 is 20.4. The van der Waals surface area contributed by atoms with Crippen LogP contribution in [0.15, 0.2) is 22.7 Å². The first-order chi connectivity index (χ1) is 13.1. The summed E-state index contributed by atoms with van der Waals surface area (Å²) in [6.07, 6.45) is 3.97. The Morgan fingerprint density at radius 1 is 1.25 bits per heavy atom. The number of carbonyl (C=O) groups is 2. The van der Waals surface area contributed by atoms with E-state index in [-0.39, 0.29) is 29.5 Å². The van der Waals surface area contributed by atoms with E-state index in [1.54, 1.807) is 19.9 Å². The Balaban J connectivity index is 1.47. The molecule has 7 heteroatoms. The number of hydrogen-bond acceptors (Lipinski definition) is 3. The summed E-state index contributed by atoms with van der Waals surface area (Å²) in [7, 11) is 0. The number of ether oxygens (including phenoxy) is 1. The first-order valence-electron chi connectivity index (χ1n) is 9.78. The second-order valence-corrected chi connectivity index (χ2v) is 10.2. The molecule has 0 aromatic heterocycles. The first kappa shape index (κ1) is 19.7. The number of halogens is 2. The Labute approximate surface area is 172 Å². The normalized spacial score (nSPS) is 33.6. The first-order valence-corrected chi connectivity index (χ1v) is 10.6. The molecule has 4 aliphatic rings. The van der Waals surface area contributed by atoms with E-state index in [0.29, 0.717) is 23.2 Å². The van der Waals surface area contributed by atoms with Crippen molar-refractivity contribution in [3.63, 3.8) is 0 Å². The van der Waals surface area contributed by atoms with Crippen LogP contribution in [0.25, 0.3) is 0 Å². The molecular weight excluding hydrogens is 429 g/mol. The van der Waals surface area contributed by atoms with Crippen molar-refractivity contribution in [1.82, 2.24) is 5.32 Å². The maximum absolute atomic E-state index is 14.1. The number of carbonyl (C=O) groups excluding carboxylic acids is 1. The van der Waals surface area contributed by atoms with Gasteiger partial charge in [-0.3, -0.25) is 9.59 Å². The summed E-state index contributed by atoms with van der Waals surface area (Å²) in [5.74, 6) is -0.671. The highest BCUT2D eigenvalue weighted by Gasteiger charge is 2.59. The molecule has 0 aliphatic heterocycles. The van der Waals surface area contributed by atoms with Crippen molar-refractivity contribution in [3.05, 3.63) is 28.5 Å². The number of carboxylic acids is 1. The minimum Gasteiger partial charge on any atom is -0.481 e. The van der Waals surface area contributed by atoms with E-state index in [1.165, 1.54) is 12.1 Å². The Morgan fingerprint density at radius 3 is 2.46 bits per heavy atom. The number of nitrogens with one attached hydrogen (secondary N) is 1. The van der Waals surface area contributed by atoms with Gasteiger partial charge in [-0.05, 0) is 81.9 Å². The molecule has 2 atom stereocenters. The molecule has 1 amide bonds. The highest BCUT2D eigenvalue weighted by molar-refractivity contribution is 9.10. The van der Waals surface area contributed by atoms with E-state index in [1.807, 2.05) is 0 Å². The Bertz CT molecular complexity index is 811. The molecule has 2 unspecified atom stereocenters. The predicted octanol–water partition coefficient (Wildman–Crippen LogP) is 4.14. The molecule has 0 heterocycles. The molecule has 1 aromatic rings. The van der Waals surface area contributed by atoms with Gasteiger partial charge in [0.05, 0.1) is 5.41 Å². The van der Waals surface area contributed by atoms with Gasteiger partial charge >= 0.3 is 5.97 Å². The van der Waals surface area contributed by atoms with E-state index in [2.05, 4.69) is 21.2 Å². The summed E-state index contributed by atoms with van der Waals surface area (Å²) in [5, 5.41) is 12.9. The van der Waals surface area contributed by atoms with Crippen molar-refractivity contribution >= 4 is 27.8 Å². The lowest BCUT2D eigenvalue weighted by molar-refractivity contribution is -0.168. The Morgan fingerprint density at radius 2 is 1.89 bits per heavy atom.